The molecule has 0 saturated carbocycles. The third-order valence-corrected chi connectivity index (χ3v) is 24.1. The number of hydrogen-bond acceptors (Lipinski definition) is 21. The molecule has 144 heavy (non-hydrogen) atoms. The number of aromatic amines is 1. The average molecular weight is 1970 g/mol. The number of hydrogen-bond donors (Lipinski definition) is 9. The topological polar surface area (TPSA) is 504 Å². The molecule has 0 aliphatic heterocycles. The van der Waals surface area contributed by atoms with E-state index in [1.165, 1.54) is 65.1 Å². The van der Waals surface area contributed by atoms with Crippen LogP contribution in [-0.4, -0.2) is 307 Å². The van der Waals surface area contributed by atoms with Crippen molar-refractivity contribution in [2.24, 2.45) is 34.4 Å². The number of nitrogens with zero attached hydrogens (tertiary/aromatic N) is 13. The van der Waals surface area contributed by atoms with Crippen molar-refractivity contribution in [2.45, 2.75) is 123 Å². The number of H-pyrrole nitrogens is 1. The van der Waals surface area contributed by atoms with Crippen LogP contribution in [-0.2, 0) is 124 Å². The average Bonchev–Trinajstić information content (AvgIpc) is 0.918. The zero-order valence-corrected chi connectivity index (χ0v) is 82.2. The van der Waals surface area contributed by atoms with E-state index in [2.05, 4.69) is 20.6 Å². The second-order valence-corrected chi connectivity index (χ2v) is 35.3. The summed E-state index contributed by atoms with van der Waals surface area (Å²) in [5.41, 5.74) is 40.7. The lowest BCUT2D eigenvalue weighted by Crippen LogP contribution is -2.55. The lowest BCUT2D eigenvalue weighted by Gasteiger charge is -2.35. The summed E-state index contributed by atoms with van der Waals surface area (Å²) in [6.07, 6.45) is 5.79. The van der Waals surface area contributed by atoms with Crippen molar-refractivity contribution in [2.75, 3.05) is 144 Å². The van der Waals surface area contributed by atoms with Crippen LogP contribution in [0.4, 0.5) is 0 Å². The van der Waals surface area contributed by atoms with E-state index < -0.39 is 192 Å². The summed E-state index contributed by atoms with van der Waals surface area (Å²) in [6, 6.07) is 68.8. The van der Waals surface area contributed by atoms with E-state index in [1.807, 2.05) is 6.07 Å². The molecule has 0 fully saturated rings. The third kappa shape index (κ3) is 39.0. The highest BCUT2D eigenvalue weighted by Gasteiger charge is 2.37. The molecule has 0 aliphatic carbocycles. The first-order valence-corrected chi connectivity index (χ1v) is 48.7. The molecular weight excluding hydrogens is 1830 g/mol. The fraction of sp³-hybridized carbons (Fsp3) is 0.383. The van der Waals surface area contributed by atoms with Gasteiger partial charge in [0.05, 0.1) is 63.9 Å². The minimum absolute atomic E-state index is 0.00875. The minimum atomic E-state index is -1.30. The number of nitrogens with one attached hydrogen (secondary N) is 3. The van der Waals surface area contributed by atoms with Crippen LogP contribution in [0.2, 0.25) is 0 Å². The van der Waals surface area contributed by atoms with E-state index in [0.29, 0.717) is 102 Å². The molecule has 37 heteroatoms. The first-order chi connectivity index (χ1) is 69.7. The van der Waals surface area contributed by atoms with Gasteiger partial charge in [0.1, 0.15) is 51.9 Å². The number of primary amides is 1. The fourth-order valence-corrected chi connectivity index (χ4v) is 16.1. The molecule has 766 valence electrons. The monoisotopic (exact) mass is 1970 g/mol. The zero-order chi connectivity index (χ0) is 103. The maximum atomic E-state index is 15.8. The van der Waals surface area contributed by atoms with Crippen LogP contribution in [0.1, 0.15) is 115 Å². The molecule has 1 heterocycles. The fourth-order valence-electron chi connectivity index (χ4n) is 16.1. The van der Waals surface area contributed by atoms with Crippen molar-refractivity contribution in [3.63, 3.8) is 0 Å². The lowest BCUT2D eigenvalue weighted by atomic mass is 10.1. The van der Waals surface area contributed by atoms with Crippen LogP contribution in [0.15, 0.2) is 255 Å². The molecule has 0 bridgehead atoms. The van der Waals surface area contributed by atoms with E-state index >= 15 is 47.9 Å². The standard InChI is InChI=1S/C107H138N22O15/c1-82(90-48-24-9-25-49-90)129(106(143)79-128(68-89-46-22-8-23-47-89)101(138)73-121(57-33-29-53-111)107(144)92(58-91-60-114-81-116-91)117-95(132)61-115-94(131)59-112)80-105(142)120(56-32-28-52-110)72-100(137)127(67-88-44-20-7-21-45-88)78-104(141)124(64-85-38-14-4-15-39-85)75-97(134)119(55-31-27-51-109)71-99(136)126(66-87-42-18-6-19-43-87)77-103(140)123(63-84-36-12-3-13-37-84)74-96(133)118(54-30-26-50-108)70-98(135)125(65-86-40-16-5-17-41-86)76-102(139)122(69-93(113)130)62-83-34-10-2-11-35-83/h2-25,34-49,60,81-82,92H,26-33,50-59,61-80,108-112H2,1H3,(H2,113,130)(H,114,116)(H,115,131)(H,117,132)/t82-,92-/m0/s1. The molecule has 8 aromatic carbocycles. The van der Waals surface area contributed by atoms with Gasteiger partial charge in [-0.15, -0.1) is 0 Å². The molecule has 15 N–H and O–H groups in total. The quantitative estimate of drug-likeness (QED) is 0.0243. The molecule has 0 spiro atoms. The Bertz CT molecular complexity index is 5520. The third-order valence-electron chi connectivity index (χ3n) is 24.1. The Kier molecular flexibility index (Phi) is 48.0. The molecule has 9 rings (SSSR count). The number of nitrogens with two attached hydrogens (primary N) is 6. The molecule has 9 aromatic rings. The Labute approximate surface area is 841 Å². The summed E-state index contributed by atoms with van der Waals surface area (Å²) in [6.45, 7) is -6.37. The number of unbranched alkanes of at least 4 members (excludes halogenated alkanes) is 4. The van der Waals surface area contributed by atoms with Crippen molar-refractivity contribution in [3.8, 4) is 0 Å². The Balaban J connectivity index is 0.986. The number of rotatable bonds is 63. The van der Waals surface area contributed by atoms with Crippen LogP contribution >= 0.6 is 0 Å². The van der Waals surface area contributed by atoms with Gasteiger partial charge >= 0.3 is 0 Å². The molecular formula is C107H138N22O15. The highest BCUT2D eigenvalue weighted by molar-refractivity contribution is 5.97. The minimum Gasteiger partial charge on any atom is -0.368 e. The number of aromatic nitrogens is 2. The predicted molar refractivity (Wildman–Crippen MR) is 545 cm³/mol. The van der Waals surface area contributed by atoms with Gasteiger partial charge in [-0.2, -0.15) is 0 Å². The zero-order valence-electron chi connectivity index (χ0n) is 82.2. The number of carbonyl (C=O) groups excluding carboxylic acids is 15. The predicted octanol–water partition coefficient (Wildman–Crippen LogP) is 4.06. The summed E-state index contributed by atoms with van der Waals surface area (Å²) in [4.78, 5) is 245. The molecule has 0 unspecified atom stereocenters. The molecule has 0 aliphatic rings. The summed E-state index contributed by atoms with van der Waals surface area (Å²) >= 11 is 0. The van der Waals surface area contributed by atoms with E-state index in [-0.39, 0.29) is 105 Å². The summed E-state index contributed by atoms with van der Waals surface area (Å²) in [5.74, 6) is -10.2. The van der Waals surface area contributed by atoms with Crippen molar-refractivity contribution in [1.29, 1.82) is 0 Å². The molecule has 0 radical (unpaired) electrons. The summed E-state index contributed by atoms with van der Waals surface area (Å²) < 4.78 is 0. The smallest absolute Gasteiger partial charge is 0.246 e. The van der Waals surface area contributed by atoms with Gasteiger partial charge in [0.25, 0.3) is 0 Å². The van der Waals surface area contributed by atoms with Crippen molar-refractivity contribution < 1.29 is 71.9 Å². The van der Waals surface area contributed by atoms with Gasteiger partial charge < -0.3 is 109 Å². The van der Waals surface area contributed by atoms with E-state index in [4.69, 9.17) is 34.4 Å². The number of amides is 15. The van der Waals surface area contributed by atoms with Gasteiger partial charge in [-0.3, -0.25) is 71.9 Å². The normalized spacial score (nSPS) is 11.3. The number of carbonyl (C=O) groups is 15. The Hall–Kier alpha value is -15.2. The van der Waals surface area contributed by atoms with E-state index in [1.54, 1.807) is 250 Å². The molecule has 0 saturated heterocycles. The second kappa shape index (κ2) is 61.5. The molecule has 1 aromatic heterocycles. The molecule has 2 atom stereocenters. The Morgan fingerprint density at radius 1 is 0.299 bits per heavy atom. The summed E-state index contributed by atoms with van der Waals surface area (Å²) in [7, 11) is 0. The summed E-state index contributed by atoms with van der Waals surface area (Å²) in [5, 5.41) is 5.09. The van der Waals surface area contributed by atoms with Crippen LogP contribution in [0.25, 0.3) is 0 Å². The van der Waals surface area contributed by atoms with Crippen molar-refractivity contribution >= 4 is 88.6 Å². The highest BCUT2D eigenvalue weighted by Crippen LogP contribution is 2.24. The molecule has 37 nitrogen and oxygen atoms in total. The van der Waals surface area contributed by atoms with Crippen LogP contribution < -0.4 is 45.0 Å². The molecule has 15 amide bonds. The maximum absolute atomic E-state index is 15.8. The second-order valence-electron chi connectivity index (χ2n) is 35.3. The van der Waals surface area contributed by atoms with Crippen molar-refractivity contribution in [3.05, 3.63) is 305 Å². The van der Waals surface area contributed by atoms with Crippen LogP contribution in [0.3, 0.4) is 0 Å². The van der Waals surface area contributed by atoms with Gasteiger partial charge in [-0.05, 0) is 129 Å². The lowest BCUT2D eigenvalue weighted by molar-refractivity contribution is -0.150. The first kappa shape index (κ1) is 112. The largest absolute Gasteiger partial charge is 0.368 e. The Morgan fingerprint density at radius 3 is 0.819 bits per heavy atom. The number of benzene rings is 8. The van der Waals surface area contributed by atoms with Gasteiger partial charge in [0.2, 0.25) is 88.6 Å². The van der Waals surface area contributed by atoms with Gasteiger partial charge in [0, 0.05) is 84.6 Å². The number of imidazole rings is 1. The van der Waals surface area contributed by atoms with Crippen LogP contribution in [0.5, 0.6) is 0 Å². The maximum Gasteiger partial charge on any atom is 0.246 e. The van der Waals surface area contributed by atoms with Gasteiger partial charge in [-0.1, -0.05) is 243 Å². The SMILES string of the molecule is C[C@@H](c1ccccc1)N(CC(=O)N(CCCCN)CC(=O)N(CC(=O)N(CC(=O)N(CCCCN)CC(=O)N(CC(=O)N(CC(=O)N(CCCCN)CC(=O)N(CC(=O)N(CC(N)=O)Cc1ccccc1)Cc1ccccc1)Cc1ccccc1)Cc1ccccc1)Cc1ccccc1)Cc1ccccc1)C(=O)CN(Cc1ccccc1)C(=O)CN(CCCCN)C(=O)[C@H](Cc1c[nH]cn1)NC(=O)CNC(=O)CN. The Morgan fingerprint density at radius 2 is 0.549 bits per heavy atom. The van der Waals surface area contributed by atoms with E-state index in [9.17, 15) is 24.0 Å². The van der Waals surface area contributed by atoms with Crippen LogP contribution in [0, 0.1) is 0 Å². The van der Waals surface area contributed by atoms with Gasteiger partial charge in [0.15, 0.2) is 0 Å². The van der Waals surface area contributed by atoms with E-state index in [0.717, 1.165) is 0 Å². The highest BCUT2D eigenvalue weighted by atomic mass is 16.2. The first-order valence-electron chi connectivity index (χ1n) is 48.7. The van der Waals surface area contributed by atoms with Gasteiger partial charge in [-0.25, -0.2) is 4.98 Å². The van der Waals surface area contributed by atoms with Crippen molar-refractivity contribution in [1.82, 2.24) is 79.4 Å².